The number of anilines is 1. The van der Waals surface area contributed by atoms with Crippen molar-refractivity contribution in [3.63, 3.8) is 0 Å². The SMILES string of the molecule is COc1ccc(C)cc1N1C[C@@H](C(=O)N([C@@H]2CCS(=O)(=O)C2)N(C)C)CC1=O. The second kappa shape index (κ2) is 7.71. The summed E-state index contributed by atoms with van der Waals surface area (Å²) in [7, 11) is 1.87. The molecule has 9 heteroatoms. The van der Waals surface area contributed by atoms with E-state index in [0.29, 0.717) is 17.9 Å². The molecule has 2 heterocycles. The van der Waals surface area contributed by atoms with E-state index in [-0.39, 0.29) is 42.3 Å². The molecule has 2 atom stereocenters. The Morgan fingerprint density at radius 3 is 2.57 bits per heavy atom. The van der Waals surface area contributed by atoms with Crippen LogP contribution < -0.4 is 9.64 Å². The summed E-state index contributed by atoms with van der Waals surface area (Å²) in [5.41, 5.74) is 1.65. The number of aryl methyl sites for hydroxylation is 1. The fourth-order valence-corrected chi connectivity index (χ4v) is 5.67. The maximum Gasteiger partial charge on any atom is 0.242 e. The van der Waals surface area contributed by atoms with Gasteiger partial charge in [0.2, 0.25) is 11.8 Å². The number of hydrazine groups is 1. The average molecular weight is 410 g/mol. The Morgan fingerprint density at radius 1 is 1.29 bits per heavy atom. The van der Waals surface area contributed by atoms with E-state index in [1.54, 1.807) is 31.1 Å². The van der Waals surface area contributed by atoms with Crippen LogP contribution in [0.2, 0.25) is 0 Å². The largest absolute Gasteiger partial charge is 0.495 e. The fourth-order valence-electron chi connectivity index (χ4n) is 3.98. The molecule has 28 heavy (non-hydrogen) atoms. The molecule has 154 valence electrons. The van der Waals surface area contributed by atoms with Crippen molar-refractivity contribution in [1.82, 2.24) is 10.0 Å². The first-order valence-corrected chi connectivity index (χ1v) is 11.1. The topological polar surface area (TPSA) is 87.2 Å². The molecule has 3 rings (SSSR count). The molecule has 8 nitrogen and oxygen atoms in total. The molecule has 0 aromatic heterocycles. The summed E-state index contributed by atoms with van der Waals surface area (Å²) >= 11 is 0. The lowest BCUT2D eigenvalue weighted by Crippen LogP contribution is -2.52. The minimum Gasteiger partial charge on any atom is -0.495 e. The van der Waals surface area contributed by atoms with Crippen LogP contribution in [0.25, 0.3) is 0 Å². The maximum atomic E-state index is 13.2. The number of carbonyl (C=O) groups is 2. The third-order valence-electron chi connectivity index (χ3n) is 5.31. The van der Waals surface area contributed by atoms with Gasteiger partial charge in [0.15, 0.2) is 9.84 Å². The van der Waals surface area contributed by atoms with E-state index >= 15 is 0 Å². The Kier molecular flexibility index (Phi) is 5.67. The molecular formula is C19H27N3O5S. The highest BCUT2D eigenvalue weighted by molar-refractivity contribution is 7.91. The average Bonchev–Trinajstić information content (AvgIpc) is 3.17. The Bertz CT molecular complexity index is 884. The van der Waals surface area contributed by atoms with Crippen LogP contribution in [0, 0.1) is 12.8 Å². The highest BCUT2D eigenvalue weighted by Crippen LogP contribution is 2.35. The molecule has 2 aliphatic heterocycles. The number of ether oxygens (including phenoxy) is 1. The van der Waals surface area contributed by atoms with Gasteiger partial charge in [-0.3, -0.25) is 14.6 Å². The third-order valence-corrected chi connectivity index (χ3v) is 7.06. The number of nitrogens with zero attached hydrogens (tertiary/aromatic N) is 3. The lowest BCUT2D eigenvalue weighted by atomic mass is 10.1. The second-order valence-electron chi connectivity index (χ2n) is 7.67. The van der Waals surface area contributed by atoms with Crippen molar-refractivity contribution < 1.29 is 22.7 Å². The highest BCUT2D eigenvalue weighted by atomic mass is 32.2. The van der Waals surface area contributed by atoms with Crippen molar-refractivity contribution in [2.75, 3.05) is 44.2 Å². The van der Waals surface area contributed by atoms with Crippen molar-refractivity contribution in [3.8, 4) is 5.75 Å². The molecule has 0 unspecified atom stereocenters. The zero-order chi connectivity index (χ0) is 20.6. The molecule has 2 amide bonds. The van der Waals surface area contributed by atoms with Gasteiger partial charge in [-0.25, -0.2) is 13.4 Å². The summed E-state index contributed by atoms with van der Waals surface area (Å²) in [6.07, 6.45) is 0.516. The van der Waals surface area contributed by atoms with Gasteiger partial charge < -0.3 is 9.64 Å². The first-order valence-electron chi connectivity index (χ1n) is 9.28. The number of hydrogen-bond acceptors (Lipinski definition) is 6. The van der Waals surface area contributed by atoms with Crippen LogP contribution in [-0.4, -0.2) is 75.5 Å². The van der Waals surface area contributed by atoms with Gasteiger partial charge in [0, 0.05) is 27.1 Å². The zero-order valence-electron chi connectivity index (χ0n) is 16.7. The van der Waals surface area contributed by atoms with Crippen LogP contribution in [0.1, 0.15) is 18.4 Å². The normalized spacial score (nSPS) is 24.0. The minimum absolute atomic E-state index is 0.0347. The molecule has 0 spiro atoms. The van der Waals surface area contributed by atoms with Gasteiger partial charge >= 0.3 is 0 Å². The van der Waals surface area contributed by atoms with E-state index in [1.807, 2.05) is 25.1 Å². The van der Waals surface area contributed by atoms with E-state index in [1.165, 1.54) is 5.01 Å². The van der Waals surface area contributed by atoms with Crippen molar-refractivity contribution in [2.45, 2.75) is 25.8 Å². The van der Waals surface area contributed by atoms with Gasteiger partial charge in [-0.05, 0) is 31.0 Å². The molecule has 0 aliphatic carbocycles. The number of amides is 2. The smallest absolute Gasteiger partial charge is 0.242 e. The second-order valence-corrected chi connectivity index (χ2v) is 9.90. The van der Waals surface area contributed by atoms with E-state index < -0.39 is 15.8 Å². The fraction of sp³-hybridized carbons (Fsp3) is 0.579. The van der Waals surface area contributed by atoms with Gasteiger partial charge in [0.1, 0.15) is 5.75 Å². The minimum atomic E-state index is -3.12. The van der Waals surface area contributed by atoms with E-state index in [2.05, 4.69) is 0 Å². The first-order chi connectivity index (χ1) is 13.1. The summed E-state index contributed by atoms with van der Waals surface area (Å²) in [5.74, 6) is -0.241. The predicted molar refractivity (Wildman–Crippen MR) is 106 cm³/mol. The maximum absolute atomic E-state index is 13.2. The predicted octanol–water partition coefficient (Wildman–Crippen LogP) is 0.849. The van der Waals surface area contributed by atoms with Gasteiger partial charge in [-0.15, -0.1) is 0 Å². The Labute approximate surface area is 165 Å². The molecule has 2 fully saturated rings. The van der Waals surface area contributed by atoms with Gasteiger partial charge in [0.05, 0.1) is 36.3 Å². The number of benzene rings is 1. The number of carbonyl (C=O) groups excluding carboxylic acids is 2. The van der Waals surface area contributed by atoms with Crippen molar-refractivity contribution in [1.29, 1.82) is 0 Å². The van der Waals surface area contributed by atoms with Gasteiger partial charge in [0.25, 0.3) is 0 Å². The summed E-state index contributed by atoms with van der Waals surface area (Å²) in [4.78, 5) is 27.5. The number of rotatable bonds is 5. The van der Waals surface area contributed by atoms with E-state index in [4.69, 9.17) is 4.74 Å². The van der Waals surface area contributed by atoms with Gasteiger partial charge in [-0.1, -0.05) is 6.07 Å². The van der Waals surface area contributed by atoms with Crippen LogP contribution in [-0.2, 0) is 19.4 Å². The zero-order valence-corrected chi connectivity index (χ0v) is 17.5. The molecule has 0 saturated carbocycles. The van der Waals surface area contributed by atoms with Crippen LogP contribution in [0.3, 0.4) is 0 Å². The van der Waals surface area contributed by atoms with Crippen LogP contribution in [0.4, 0.5) is 5.69 Å². The Hall–Kier alpha value is -2.13. The number of methoxy groups -OCH3 is 1. The van der Waals surface area contributed by atoms with E-state index in [0.717, 1.165) is 5.56 Å². The monoisotopic (exact) mass is 409 g/mol. The molecule has 2 saturated heterocycles. The lowest BCUT2D eigenvalue weighted by molar-refractivity contribution is -0.153. The standard InChI is InChI=1S/C19H27N3O5S/c1-13-5-6-17(27-4)16(9-13)21-11-14(10-18(21)23)19(24)22(20(2)3)15-7-8-28(25,26)12-15/h5-6,9,14-15H,7-8,10-12H2,1-4H3/t14-,15+/m0/s1. The molecule has 1 aromatic rings. The van der Waals surface area contributed by atoms with Crippen molar-refractivity contribution in [3.05, 3.63) is 23.8 Å². The molecule has 0 bridgehead atoms. The molecular weight excluding hydrogens is 382 g/mol. The van der Waals surface area contributed by atoms with Crippen LogP contribution in [0.5, 0.6) is 5.75 Å². The highest BCUT2D eigenvalue weighted by Gasteiger charge is 2.43. The van der Waals surface area contributed by atoms with Crippen molar-refractivity contribution >= 4 is 27.3 Å². The number of hydrogen-bond donors (Lipinski definition) is 0. The summed E-state index contributed by atoms with van der Waals surface area (Å²) < 4.78 is 29.1. The third kappa shape index (κ3) is 4.00. The van der Waals surface area contributed by atoms with Crippen LogP contribution >= 0.6 is 0 Å². The Morgan fingerprint density at radius 2 is 2.00 bits per heavy atom. The summed E-state index contributed by atoms with van der Waals surface area (Å²) in [6.45, 7) is 2.18. The van der Waals surface area contributed by atoms with Crippen molar-refractivity contribution in [2.24, 2.45) is 5.92 Å². The molecule has 0 N–H and O–H groups in total. The molecule has 2 aliphatic rings. The summed E-state index contributed by atoms with van der Waals surface area (Å²) in [5, 5.41) is 3.15. The van der Waals surface area contributed by atoms with Crippen LogP contribution in [0.15, 0.2) is 18.2 Å². The first kappa shape index (κ1) is 20.6. The van der Waals surface area contributed by atoms with E-state index in [9.17, 15) is 18.0 Å². The number of sulfone groups is 1. The summed E-state index contributed by atoms with van der Waals surface area (Å²) in [6, 6.07) is 5.20. The lowest BCUT2D eigenvalue weighted by Gasteiger charge is -2.35. The Balaban J connectivity index is 1.82. The molecule has 0 radical (unpaired) electrons. The molecule has 1 aromatic carbocycles. The quantitative estimate of drug-likeness (QED) is 0.670. The van der Waals surface area contributed by atoms with Gasteiger partial charge in [-0.2, -0.15) is 0 Å².